The lowest BCUT2D eigenvalue weighted by Gasteiger charge is -2.24. The van der Waals surface area contributed by atoms with E-state index in [9.17, 15) is 10.2 Å². The minimum Gasteiger partial charge on any atom is -0.499 e. The first-order chi connectivity index (χ1) is 16.9. The molecule has 2 N–H and O–H groups in total. The van der Waals surface area contributed by atoms with Crippen molar-refractivity contribution in [3.8, 4) is 11.5 Å². The molecule has 0 saturated heterocycles. The predicted octanol–water partition coefficient (Wildman–Crippen LogP) is 5.11. The summed E-state index contributed by atoms with van der Waals surface area (Å²) in [5.41, 5.74) is 1.73. The van der Waals surface area contributed by atoms with Crippen LogP contribution >= 0.6 is 25.3 Å². The summed E-state index contributed by atoms with van der Waals surface area (Å²) in [6.45, 7) is 4.63. The number of aliphatic hydroxyl groups is 2. The van der Waals surface area contributed by atoms with E-state index >= 15 is 0 Å². The Labute approximate surface area is 219 Å². The van der Waals surface area contributed by atoms with E-state index in [0.29, 0.717) is 11.5 Å². The molecular formula is C27H36O6S2. The topological polar surface area (TPSA) is 77.4 Å². The van der Waals surface area contributed by atoms with Crippen molar-refractivity contribution >= 4 is 25.3 Å². The third kappa shape index (κ3) is 10.5. The monoisotopic (exact) mass is 520 g/mol. The lowest BCUT2D eigenvalue weighted by Crippen LogP contribution is -2.22. The summed E-state index contributed by atoms with van der Waals surface area (Å²) in [6, 6.07) is 14.8. The van der Waals surface area contributed by atoms with Gasteiger partial charge in [0.25, 0.3) is 0 Å². The number of thiol groups is 2. The average molecular weight is 521 g/mol. The minimum atomic E-state index is -0.838. The first kappa shape index (κ1) is 29.0. The van der Waals surface area contributed by atoms with Crippen LogP contribution in [0.4, 0.5) is 0 Å². The maximum Gasteiger partial charge on any atom is 0.122 e. The van der Waals surface area contributed by atoms with Gasteiger partial charge in [0, 0.05) is 0 Å². The molecule has 0 amide bonds. The number of aliphatic hydroxyl groups excluding tert-OH is 2. The van der Waals surface area contributed by atoms with Gasteiger partial charge < -0.3 is 29.2 Å². The maximum atomic E-state index is 9.95. The third-order valence-electron chi connectivity index (χ3n) is 4.83. The van der Waals surface area contributed by atoms with Crippen molar-refractivity contribution in [2.24, 2.45) is 0 Å². The molecule has 192 valence electrons. The number of hydrogen-bond donors (Lipinski definition) is 4. The van der Waals surface area contributed by atoms with Crippen molar-refractivity contribution in [2.45, 2.75) is 43.0 Å². The van der Waals surface area contributed by atoms with E-state index < -0.39 is 16.3 Å². The average Bonchev–Trinajstić information content (AvgIpc) is 2.87. The number of rotatable bonds is 16. The molecule has 2 rings (SSSR count). The molecule has 0 aliphatic carbocycles. The summed E-state index contributed by atoms with van der Waals surface area (Å²) in [4.78, 5) is 0. The quantitative estimate of drug-likeness (QED) is 0.140. The van der Waals surface area contributed by atoms with Gasteiger partial charge in [0.2, 0.25) is 0 Å². The zero-order valence-electron chi connectivity index (χ0n) is 20.2. The van der Waals surface area contributed by atoms with Crippen LogP contribution in [0.5, 0.6) is 11.5 Å². The van der Waals surface area contributed by atoms with Gasteiger partial charge in [0.05, 0.1) is 12.5 Å². The van der Waals surface area contributed by atoms with Gasteiger partial charge in [-0.3, -0.25) is 0 Å². The molecule has 2 atom stereocenters. The fourth-order valence-corrected chi connectivity index (χ4v) is 3.47. The molecule has 8 heteroatoms. The molecule has 35 heavy (non-hydrogen) atoms. The van der Waals surface area contributed by atoms with E-state index in [2.05, 4.69) is 0 Å². The Morgan fingerprint density at radius 1 is 0.686 bits per heavy atom. The van der Waals surface area contributed by atoms with Crippen LogP contribution in [-0.2, 0) is 13.6 Å². The number of benzene rings is 2. The maximum absolute atomic E-state index is 9.95. The second-order valence-electron chi connectivity index (χ2n) is 7.88. The van der Waals surface area contributed by atoms with Gasteiger partial charge >= 0.3 is 0 Å². The summed E-state index contributed by atoms with van der Waals surface area (Å²) in [6.07, 6.45) is 7.24. The Morgan fingerprint density at radius 2 is 1.06 bits per heavy atom. The van der Waals surface area contributed by atoms with Crippen molar-refractivity contribution in [2.75, 3.05) is 26.4 Å². The molecule has 0 spiro atoms. The highest BCUT2D eigenvalue weighted by Gasteiger charge is 2.25. The molecule has 0 saturated carbocycles. The van der Waals surface area contributed by atoms with Crippen LogP contribution in [0.2, 0.25) is 0 Å². The Morgan fingerprint density at radius 3 is 1.40 bits per heavy atom. The lowest BCUT2D eigenvalue weighted by atomic mass is 10.0. The summed E-state index contributed by atoms with van der Waals surface area (Å²) in [5.74, 6) is 1.26. The fourth-order valence-electron chi connectivity index (χ4n) is 2.88. The van der Waals surface area contributed by atoms with Crippen LogP contribution in [0.25, 0.3) is 0 Å². The van der Waals surface area contributed by atoms with Gasteiger partial charge in [-0.05, 0) is 48.2 Å². The molecule has 0 bridgehead atoms. The molecule has 0 aliphatic rings. The van der Waals surface area contributed by atoms with Gasteiger partial charge in [-0.25, -0.2) is 0 Å². The van der Waals surface area contributed by atoms with E-state index in [1.165, 1.54) is 0 Å². The van der Waals surface area contributed by atoms with Crippen molar-refractivity contribution < 1.29 is 29.2 Å². The number of hydrogen-bond acceptors (Lipinski definition) is 8. The summed E-state index contributed by atoms with van der Waals surface area (Å²) >= 11 is 9.54. The third-order valence-corrected chi connectivity index (χ3v) is 5.86. The molecule has 2 unspecified atom stereocenters. The summed E-state index contributed by atoms with van der Waals surface area (Å²) in [5, 5.41) is 19.9. The molecular weight excluding hydrogens is 484 g/mol. The first-order valence-electron chi connectivity index (χ1n) is 11.7. The highest BCUT2D eigenvalue weighted by Crippen LogP contribution is 2.40. The Kier molecular flexibility index (Phi) is 13.0. The summed E-state index contributed by atoms with van der Waals surface area (Å²) in [7, 11) is 0. The Hall–Kier alpha value is -2.26. The normalized spacial score (nSPS) is 13.7. The molecule has 2 aromatic rings. The van der Waals surface area contributed by atoms with E-state index in [-0.39, 0.29) is 26.4 Å². The minimum absolute atomic E-state index is 0.129. The molecule has 0 fully saturated rings. The van der Waals surface area contributed by atoms with Crippen LogP contribution in [0.1, 0.15) is 37.8 Å². The number of ether oxygens (including phenoxy) is 4. The molecule has 0 aromatic heterocycles. The Balaban J connectivity index is 1.86. The predicted molar refractivity (Wildman–Crippen MR) is 145 cm³/mol. The molecule has 0 radical (unpaired) electrons. The first-order valence-corrected chi connectivity index (χ1v) is 12.6. The highest BCUT2D eigenvalue weighted by molar-refractivity contribution is 8.00. The molecule has 0 aliphatic heterocycles. The van der Waals surface area contributed by atoms with Crippen LogP contribution in [0.3, 0.4) is 0 Å². The second kappa shape index (κ2) is 15.7. The van der Waals surface area contributed by atoms with E-state index in [4.69, 9.17) is 44.2 Å². The van der Waals surface area contributed by atoms with Crippen molar-refractivity contribution in [3.05, 3.63) is 84.3 Å². The molecule has 2 aromatic carbocycles. The van der Waals surface area contributed by atoms with Gasteiger partial charge in [0.15, 0.2) is 0 Å². The molecule has 6 nitrogen and oxygen atoms in total. The van der Waals surface area contributed by atoms with E-state index in [0.717, 1.165) is 24.0 Å². The largest absolute Gasteiger partial charge is 0.499 e. The van der Waals surface area contributed by atoms with Crippen molar-refractivity contribution in [1.29, 1.82) is 0 Å². The van der Waals surface area contributed by atoms with Crippen molar-refractivity contribution in [3.63, 3.8) is 0 Å². The summed E-state index contributed by atoms with van der Waals surface area (Å²) < 4.78 is 20.9. The number of allylic oxidation sites excluding steroid dienone is 2. The van der Waals surface area contributed by atoms with Crippen LogP contribution in [0, 0.1) is 0 Å². The van der Waals surface area contributed by atoms with Gasteiger partial charge in [0.1, 0.15) is 54.2 Å². The van der Waals surface area contributed by atoms with E-state index in [1.54, 1.807) is 12.5 Å². The second-order valence-corrected chi connectivity index (χ2v) is 9.57. The lowest BCUT2D eigenvalue weighted by molar-refractivity contribution is 0.0463. The van der Waals surface area contributed by atoms with Crippen LogP contribution in [-0.4, -0.2) is 48.8 Å². The van der Waals surface area contributed by atoms with Crippen LogP contribution < -0.4 is 9.47 Å². The van der Waals surface area contributed by atoms with Gasteiger partial charge in [-0.1, -0.05) is 50.3 Å². The SMILES string of the molecule is CCC=COCC(O)COc1ccc(C(S)(S)c2ccc(OCC(O)COC=CCC)cc2)cc1. The Bertz CT molecular complexity index is 823. The standard InChI is InChI=1S/C27H36O6S2/c1-3-5-15-30-17-23(28)19-32-25-11-7-21(8-12-25)27(34,35)22-9-13-26(14-10-22)33-20-24(29)18-31-16-6-4-2/h5-16,23-24,28-29,34-35H,3-4,17-20H2,1-2H3. The van der Waals surface area contributed by atoms with Gasteiger partial charge in [-0.15, -0.1) is 0 Å². The smallest absolute Gasteiger partial charge is 0.122 e. The van der Waals surface area contributed by atoms with Crippen LogP contribution in [0.15, 0.2) is 73.2 Å². The van der Waals surface area contributed by atoms with Crippen molar-refractivity contribution in [1.82, 2.24) is 0 Å². The van der Waals surface area contributed by atoms with Gasteiger partial charge in [-0.2, -0.15) is 25.3 Å². The zero-order chi connectivity index (χ0) is 25.5. The fraction of sp³-hybridized carbons (Fsp3) is 0.407. The highest BCUT2D eigenvalue weighted by atomic mass is 32.2. The van der Waals surface area contributed by atoms with E-state index in [1.807, 2.05) is 74.5 Å². The zero-order valence-corrected chi connectivity index (χ0v) is 22.0. The molecule has 0 heterocycles.